The molecular formula is C17H19N3O. The Kier molecular flexibility index (Phi) is 3.52. The van der Waals surface area contributed by atoms with E-state index >= 15 is 0 Å². The van der Waals surface area contributed by atoms with E-state index in [1.165, 1.54) is 0 Å². The summed E-state index contributed by atoms with van der Waals surface area (Å²) in [7, 11) is 0. The lowest BCUT2D eigenvalue weighted by atomic mass is 10.3. The predicted molar refractivity (Wildman–Crippen MR) is 86.7 cm³/mol. The van der Waals surface area contributed by atoms with Crippen molar-refractivity contribution >= 4 is 11.8 Å². The summed E-state index contributed by atoms with van der Waals surface area (Å²) in [5.74, 6) is 0.848. The molecule has 2 aromatic heterocycles. The number of H-pyrrole nitrogens is 2. The van der Waals surface area contributed by atoms with Crippen molar-refractivity contribution in [2.45, 2.75) is 20.8 Å². The minimum atomic E-state index is 0.634. The Morgan fingerprint density at radius 2 is 2.00 bits per heavy atom. The molecule has 108 valence electrons. The van der Waals surface area contributed by atoms with Gasteiger partial charge < -0.3 is 14.7 Å². The minimum Gasteiger partial charge on any atom is -0.492 e. The first-order valence-corrected chi connectivity index (χ1v) is 7.12. The van der Waals surface area contributed by atoms with Gasteiger partial charge in [-0.15, -0.1) is 0 Å². The SMILES string of the molecule is CCOc1cc(-c2ccc(C)[nH]2)[nH]c1C=C1C=CC(C)=N1. The summed E-state index contributed by atoms with van der Waals surface area (Å²) in [6.07, 6.45) is 6.02. The molecule has 0 saturated heterocycles. The van der Waals surface area contributed by atoms with Crippen molar-refractivity contribution in [3.8, 4) is 17.1 Å². The monoisotopic (exact) mass is 281 g/mol. The fraction of sp³-hybridized carbons (Fsp3) is 0.235. The van der Waals surface area contributed by atoms with Gasteiger partial charge in [-0.1, -0.05) is 0 Å². The normalized spacial score (nSPS) is 15.8. The molecule has 3 heterocycles. The van der Waals surface area contributed by atoms with Gasteiger partial charge in [0.05, 0.1) is 29.4 Å². The number of aliphatic imine (C=N–C) groups is 1. The van der Waals surface area contributed by atoms with Crippen LogP contribution in [0.25, 0.3) is 17.5 Å². The van der Waals surface area contributed by atoms with Crippen LogP contribution in [0.2, 0.25) is 0 Å². The molecule has 0 spiro atoms. The highest BCUT2D eigenvalue weighted by Gasteiger charge is 2.11. The van der Waals surface area contributed by atoms with Crippen molar-refractivity contribution in [3.63, 3.8) is 0 Å². The number of allylic oxidation sites excluding steroid dienone is 2. The van der Waals surface area contributed by atoms with Crippen LogP contribution in [-0.2, 0) is 0 Å². The van der Waals surface area contributed by atoms with E-state index in [1.54, 1.807) is 0 Å². The largest absolute Gasteiger partial charge is 0.492 e. The van der Waals surface area contributed by atoms with E-state index in [0.717, 1.165) is 39.9 Å². The standard InChI is InChI=1S/C17H19N3O/c1-4-21-17-10-15(14-8-6-12(3)19-14)20-16(17)9-13-7-5-11(2)18-13/h5-10,19-20H,4H2,1-3H3. The molecule has 0 atom stereocenters. The molecule has 0 amide bonds. The highest BCUT2D eigenvalue weighted by molar-refractivity contribution is 5.97. The van der Waals surface area contributed by atoms with E-state index in [1.807, 2.05) is 45.1 Å². The van der Waals surface area contributed by atoms with Crippen molar-refractivity contribution in [1.29, 1.82) is 0 Å². The van der Waals surface area contributed by atoms with Gasteiger partial charge in [0.15, 0.2) is 0 Å². The van der Waals surface area contributed by atoms with Gasteiger partial charge >= 0.3 is 0 Å². The van der Waals surface area contributed by atoms with Crippen LogP contribution < -0.4 is 4.74 Å². The van der Waals surface area contributed by atoms with Gasteiger partial charge in [-0.2, -0.15) is 0 Å². The first kappa shape index (κ1) is 13.5. The van der Waals surface area contributed by atoms with Crippen molar-refractivity contribution < 1.29 is 4.74 Å². The zero-order valence-corrected chi connectivity index (χ0v) is 12.5. The zero-order valence-electron chi connectivity index (χ0n) is 12.5. The zero-order chi connectivity index (χ0) is 14.8. The summed E-state index contributed by atoms with van der Waals surface area (Å²) in [6, 6.07) is 6.14. The van der Waals surface area contributed by atoms with Crippen LogP contribution in [-0.4, -0.2) is 22.3 Å². The summed E-state index contributed by atoms with van der Waals surface area (Å²) in [6.45, 7) is 6.65. The maximum absolute atomic E-state index is 5.72. The molecule has 0 fully saturated rings. The maximum atomic E-state index is 5.72. The Balaban J connectivity index is 1.99. The van der Waals surface area contributed by atoms with Crippen LogP contribution in [0.4, 0.5) is 0 Å². The Morgan fingerprint density at radius 1 is 1.14 bits per heavy atom. The topological polar surface area (TPSA) is 53.2 Å². The number of ether oxygens (including phenoxy) is 1. The number of hydrogen-bond acceptors (Lipinski definition) is 2. The smallest absolute Gasteiger partial charge is 0.144 e. The average molecular weight is 281 g/mol. The van der Waals surface area contributed by atoms with E-state index in [-0.39, 0.29) is 0 Å². The van der Waals surface area contributed by atoms with Crippen LogP contribution in [0.5, 0.6) is 5.75 Å². The Morgan fingerprint density at radius 3 is 2.62 bits per heavy atom. The second kappa shape index (κ2) is 5.48. The molecule has 0 bridgehead atoms. The van der Waals surface area contributed by atoms with E-state index in [4.69, 9.17) is 4.74 Å². The highest BCUT2D eigenvalue weighted by Crippen LogP contribution is 2.29. The van der Waals surface area contributed by atoms with Gasteiger partial charge in [-0.05, 0) is 51.1 Å². The van der Waals surface area contributed by atoms with Crippen LogP contribution in [0.1, 0.15) is 25.2 Å². The second-order valence-electron chi connectivity index (χ2n) is 5.10. The molecule has 0 aliphatic carbocycles. The third-order valence-corrected chi connectivity index (χ3v) is 3.33. The van der Waals surface area contributed by atoms with Gasteiger partial charge in [-0.3, -0.25) is 4.99 Å². The number of rotatable bonds is 4. The molecule has 3 rings (SSSR count). The molecular weight excluding hydrogens is 262 g/mol. The van der Waals surface area contributed by atoms with Crippen LogP contribution in [0.15, 0.2) is 41.0 Å². The molecule has 1 aliphatic heterocycles. The second-order valence-corrected chi connectivity index (χ2v) is 5.10. The summed E-state index contributed by atoms with van der Waals surface area (Å²) < 4.78 is 5.72. The lowest BCUT2D eigenvalue weighted by Crippen LogP contribution is -1.91. The first-order chi connectivity index (χ1) is 10.2. The Hall–Kier alpha value is -2.49. The molecule has 4 nitrogen and oxygen atoms in total. The highest BCUT2D eigenvalue weighted by atomic mass is 16.5. The fourth-order valence-electron chi connectivity index (χ4n) is 2.35. The third-order valence-electron chi connectivity index (χ3n) is 3.33. The van der Waals surface area contributed by atoms with E-state index in [2.05, 4.69) is 27.1 Å². The minimum absolute atomic E-state index is 0.634. The van der Waals surface area contributed by atoms with Gasteiger partial charge in [-0.25, -0.2) is 0 Å². The molecule has 0 radical (unpaired) electrons. The van der Waals surface area contributed by atoms with Crippen molar-refractivity contribution in [1.82, 2.24) is 9.97 Å². The number of aryl methyl sites for hydroxylation is 1. The number of nitrogens with one attached hydrogen (secondary N) is 2. The first-order valence-electron chi connectivity index (χ1n) is 7.12. The molecule has 21 heavy (non-hydrogen) atoms. The van der Waals surface area contributed by atoms with E-state index in [9.17, 15) is 0 Å². The molecule has 0 aromatic carbocycles. The van der Waals surface area contributed by atoms with E-state index in [0.29, 0.717) is 6.61 Å². The molecule has 0 unspecified atom stereocenters. The quantitative estimate of drug-likeness (QED) is 0.871. The Labute approximate surface area is 124 Å². The lowest BCUT2D eigenvalue weighted by molar-refractivity contribution is 0.340. The number of aromatic amines is 2. The van der Waals surface area contributed by atoms with Gasteiger partial charge in [0.25, 0.3) is 0 Å². The van der Waals surface area contributed by atoms with Crippen LogP contribution in [0.3, 0.4) is 0 Å². The maximum Gasteiger partial charge on any atom is 0.144 e. The molecule has 1 aliphatic rings. The average Bonchev–Trinajstić information content (AvgIpc) is 3.13. The van der Waals surface area contributed by atoms with Gasteiger partial charge in [0.2, 0.25) is 0 Å². The summed E-state index contributed by atoms with van der Waals surface area (Å²) in [5.41, 5.74) is 6.10. The van der Waals surface area contributed by atoms with Crippen molar-refractivity contribution in [2.75, 3.05) is 6.61 Å². The van der Waals surface area contributed by atoms with Gasteiger partial charge in [0, 0.05) is 17.5 Å². The molecule has 0 saturated carbocycles. The van der Waals surface area contributed by atoms with Crippen molar-refractivity contribution in [2.24, 2.45) is 4.99 Å². The Bertz CT molecular complexity index is 744. The number of hydrogen-bond donors (Lipinski definition) is 2. The van der Waals surface area contributed by atoms with E-state index < -0.39 is 0 Å². The van der Waals surface area contributed by atoms with Crippen molar-refractivity contribution in [3.05, 3.63) is 47.4 Å². The third kappa shape index (κ3) is 2.84. The predicted octanol–water partition coefficient (Wildman–Crippen LogP) is 4.09. The summed E-state index contributed by atoms with van der Waals surface area (Å²) in [5, 5.41) is 0. The van der Waals surface area contributed by atoms with Crippen LogP contribution >= 0.6 is 0 Å². The molecule has 4 heteroatoms. The lowest BCUT2D eigenvalue weighted by Gasteiger charge is -2.00. The fourth-order valence-corrected chi connectivity index (χ4v) is 2.35. The summed E-state index contributed by atoms with van der Waals surface area (Å²) in [4.78, 5) is 11.2. The number of nitrogens with zero attached hydrogens (tertiary/aromatic N) is 1. The van der Waals surface area contributed by atoms with Gasteiger partial charge in [0.1, 0.15) is 5.75 Å². The summed E-state index contributed by atoms with van der Waals surface area (Å²) >= 11 is 0. The van der Waals surface area contributed by atoms with Crippen LogP contribution in [0, 0.1) is 6.92 Å². The molecule has 2 aromatic rings. The number of aromatic nitrogens is 2. The molecule has 2 N–H and O–H groups in total.